The normalized spacial score (nSPS) is 21.5. The van der Waals surface area contributed by atoms with Crippen molar-refractivity contribution in [1.29, 1.82) is 0 Å². The predicted molar refractivity (Wildman–Crippen MR) is 81.5 cm³/mol. The van der Waals surface area contributed by atoms with Gasteiger partial charge in [0.25, 0.3) is 5.91 Å². The molecule has 2 aromatic heterocycles. The number of H-pyrrole nitrogens is 1. The average Bonchev–Trinajstić information content (AvgIpc) is 2.90. The van der Waals surface area contributed by atoms with Crippen LogP contribution in [0.3, 0.4) is 0 Å². The Hall–Kier alpha value is -2.11. The Morgan fingerprint density at radius 1 is 1.41 bits per heavy atom. The molecule has 0 spiro atoms. The van der Waals surface area contributed by atoms with E-state index in [4.69, 9.17) is 0 Å². The maximum Gasteiger partial charge on any atom is 0.270 e. The Kier molecular flexibility index (Phi) is 3.24. The summed E-state index contributed by atoms with van der Waals surface area (Å²) in [7, 11) is 1.91. The van der Waals surface area contributed by atoms with Crippen LogP contribution in [-0.4, -0.2) is 43.6 Å². The van der Waals surface area contributed by atoms with Crippen LogP contribution in [0.15, 0.2) is 18.3 Å². The van der Waals surface area contributed by atoms with Crippen LogP contribution >= 0.6 is 0 Å². The van der Waals surface area contributed by atoms with Crippen molar-refractivity contribution in [3.05, 3.63) is 35.7 Å². The van der Waals surface area contributed by atoms with Gasteiger partial charge in [0.15, 0.2) is 5.82 Å². The first-order valence-corrected chi connectivity index (χ1v) is 8.02. The summed E-state index contributed by atoms with van der Waals surface area (Å²) in [5.74, 6) is 3.14. The highest BCUT2D eigenvalue weighted by atomic mass is 16.2. The number of amides is 1. The second-order valence-electron chi connectivity index (χ2n) is 6.53. The molecule has 1 aliphatic carbocycles. The summed E-state index contributed by atoms with van der Waals surface area (Å²) < 4.78 is 1.88. The lowest BCUT2D eigenvalue weighted by Gasteiger charge is -2.16. The number of likely N-dealkylation sites (tertiary alicyclic amines) is 1. The number of aryl methyl sites for hydroxylation is 1. The third-order valence-corrected chi connectivity index (χ3v) is 4.71. The Bertz CT molecular complexity index is 684. The highest BCUT2D eigenvalue weighted by Gasteiger charge is 2.30. The van der Waals surface area contributed by atoms with E-state index in [0.29, 0.717) is 11.8 Å². The molecule has 0 radical (unpaired) electrons. The molecule has 1 saturated carbocycles. The zero-order valence-electron chi connectivity index (χ0n) is 12.8. The van der Waals surface area contributed by atoms with Crippen molar-refractivity contribution >= 4 is 5.91 Å². The third-order valence-electron chi connectivity index (χ3n) is 4.71. The number of hydrogen-bond donors (Lipinski definition) is 1. The van der Waals surface area contributed by atoms with Crippen LogP contribution in [0.5, 0.6) is 0 Å². The molecule has 3 heterocycles. The monoisotopic (exact) mass is 299 g/mol. The minimum absolute atomic E-state index is 0.131. The van der Waals surface area contributed by atoms with E-state index >= 15 is 0 Å². The highest BCUT2D eigenvalue weighted by Crippen LogP contribution is 2.37. The van der Waals surface area contributed by atoms with Gasteiger partial charge in [-0.1, -0.05) is 0 Å². The van der Waals surface area contributed by atoms with Crippen LogP contribution in [0.4, 0.5) is 0 Å². The van der Waals surface area contributed by atoms with Crippen LogP contribution in [0.1, 0.15) is 47.3 Å². The Morgan fingerprint density at radius 3 is 3.00 bits per heavy atom. The highest BCUT2D eigenvalue weighted by molar-refractivity contribution is 5.92. The second-order valence-corrected chi connectivity index (χ2v) is 6.53. The van der Waals surface area contributed by atoms with Crippen molar-refractivity contribution in [3.63, 3.8) is 0 Å². The number of carbonyl (C=O) groups is 1. The summed E-state index contributed by atoms with van der Waals surface area (Å²) in [6, 6.07) is 3.79. The molecule has 116 valence electrons. The van der Waals surface area contributed by atoms with Crippen LogP contribution in [-0.2, 0) is 13.5 Å². The Morgan fingerprint density at radius 2 is 2.27 bits per heavy atom. The molecule has 6 nitrogen and oxygen atoms in total. The number of hydrogen-bond acceptors (Lipinski definition) is 3. The maximum atomic E-state index is 12.5. The lowest BCUT2D eigenvalue weighted by Crippen LogP contribution is -2.30. The fourth-order valence-corrected chi connectivity index (χ4v) is 3.23. The summed E-state index contributed by atoms with van der Waals surface area (Å²) in [6.07, 6.45) is 6.28. The molecule has 1 unspecified atom stereocenters. The molecule has 4 rings (SSSR count). The van der Waals surface area contributed by atoms with E-state index in [-0.39, 0.29) is 5.91 Å². The average molecular weight is 299 g/mol. The van der Waals surface area contributed by atoms with Crippen LogP contribution in [0, 0.1) is 5.92 Å². The standard InChI is InChI=1S/C16H21N5O/c1-20-7-2-3-13(20)16(22)21-8-6-11(10-21)9-14-17-15(19-18-14)12-4-5-12/h2-3,7,11-12H,4-6,8-10H2,1H3,(H,17,18,19). The van der Waals surface area contributed by atoms with Gasteiger partial charge in [-0.15, -0.1) is 0 Å². The lowest BCUT2D eigenvalue weighted by molar-refractivity contribution is 0.0777. The fourth-order valence-electron chi connectivity index (χ4n) is 3.23. The van der Waals surface area contributed by atoms with E-state index < -0.39 is 0 Å². The smallest absolute Gasteiger partial charge is 0.270 e. The number of aromatic amines is 1. The van der Waals surface area contributed by atoms with E-state index in [9.17, 15) is 4.79 Å². The molecule has 1 N–H and O–H groups in total. The molecule has 2 aliphatic rings. The van der Waals surface area contributed by atoms with E-state index in [2.05, 4.69) is 15.2 Å². The third kappa shape index (κ3) is 2.53. The predicted octanol–water partition coefficient (Wildman–Crippen LogP) is 1.73. The summed E-state index contributed by atoms with van der Waals surface area (Å²) in [5.41, 5.74) is 0.760. The second kappa shape index (κ2) is 5.26. The maximum absolute atomic E-state index is 12.5. The lowest BCUT2D eigenvalue weighted by atomic mass is 10.1. The van der Waals surface area contributed by atoms with Gasteiger partial charge in [0, 0.05) is 38.7 Å². The van der Waals surface area contributed by atoms with Crippen molar-refractivity contribution < 1.29 is 4.79 Å². The molecule has 1 aliphatic heterocycles. The van der Waals surface area contributed by atoms with Crippen LogP contribution < -0.4 is 0 Å². The van der Waals surface area contributed by atoms with Crippen molar-refractivity contribution in [2.75, 3.05) is 13.1 Å². The molecule has 6 heteroatoms. The zero-order valence-corrected chi connectivity index (χ0v) is 12.8. The number of nitrogens with zero attached hydrogens (tertiary/aromatic N) is 4. The first kappa shape index (κ1) is 13.5. The van der Waals surface area contributed by atoms with Crippen LogP contribution in [0.25, 0.3) is 0 Å². The van der Waals surface area contributed by atoms with E-state index in [1.54, 1.807) is 0 Å². The number of carbonyl (C=O) groups excluding carboxylic acids is 1. The SMILES string of the molecule is Cn1cccc1C(=O)N1CCC(Cc2nc(C3CC3)n[nH]2)C1. The van der Waals surface area contributed by atoms with Crippen molar-refractivity contribution in [2.24, 2.45) is 13.0 Å². The molecule has 1 amide bonds. The molecular formula is C16H21N5O. The summed E-state index contributed by atoms with van der Waals surface area (Å²) in [6.45, 7) is 1.64. The number of rotatable bonds is 4. The summed E-state index contributed by atoms with van der Waals surface area (Å²) in [5, 5.41) is 7.37. The fraction of sp³-hybridized carbons (Fsp3) is 0.562. The van der Waals surface area contributed by atoms with Gasteiger partial charge in [0.05, 0.1) is 0 Å². The number of aromatic nitrogens is 4. The van der Waals surface area contributed by atoms with Crippen molar-refractivity contribution in [2.45, 2.75) is 31.6 Å². The molecule has 2 fully saturated rings. The van der Waals surface area contributed by atoms with Gasteiger partial charge in [0.1, 0.15) is 11.5 Å². The Labute approximate surface area is 129 Å². The van der Waals surface area contributed by atoms with Gasteiger partial charge in [0.2, 0.25) is 0 Å². The largest absolute Gasteiger partial charge is 0.347 e. The topological polar surface area (TPSA) is 66.8 Å². The molecule has 2 aromatic rings. The van der Waals surface area contributed by atoms with Crippen LogP contribution in [0.2, 0.25) is 0 Å². The molecule has 0 aromatic carbocycles. The van der Waals surface area contributed by atoms with E-state index in [0.717, 1.165) is 43.3 Å². The first-order valence-electron chi connectivity index (χ1n) is 8.02. The molecule has 0 bridgehead atoms. The Balaban J connectivity index is 1.37. The molecule has 1 atom stereocenters. The van der Waals surface area contributed by atoms with Gasteiger partial charge >= 0.3 is 0 Å². The minimum atomic E-state index is 0.131. The van der Waals surface area contributed by atoms with E-state index in [1.165, 1.54) is 12.8 Å². The van der Waals surface area contributed by atoms with Crippen molar-refractivity contribution in [3.8, 4) is 0 Å². The molecule has 22 heavy (non-hydrogen) atoms. The van der Waals surface area contributed by atoms with Gasteiger partial charge < -0.3 is 9.47 Å². The summed E-state index contributed by atoms with van der Waals surface area (Å²) in [4.78, 5) is 19.0. The van der Waals surface area contributed by atoms with Gasteiger partial charge in [-0.25, -0.2) is 4.98 Å². The van der Waals surface area contributed by atoms with Gasteiger partial charge in [-0.2, -0.15) is 5.10 Å². The first-order chi connectivity index (χ1) is 10.7. The number of nitrogens with one attached hydrogen (secondary N) is 1. The zero-order chi connectivity index (χ0) is 15.1. The van der Waals surface area contributed by atoms with Crippen molar-refractivity contribution in [1.82, 2.24) is 24.6 Å². The minimum Gasteiger partial charge on any atom is -0.347 e. The molecular weight excluding hydrogens is 278 g/mol. The van der Waals surface area contributed by atoms with Gasteiger partial charge in [-0.3, -0.25) is 9.89 Å². The quantitative estimate of drug-likeness (QED) is 0.935. The van der Waals surface area contributed by atoms with E-state index in [1.807, 2.05) is 34.8 Å². The molecule has 1 saturated heterocycles. The van der Waals surface area contributed by atoms with Gasteiger partial charge in [-0.05, 0) is 37.3 Å². The summed E-state index contributed by atoms with van der Waals surface area (Å²) >= 11 is 0.